The smallest absolute Gasteiger partial charge is 0.255 e. The highest BCUT2D eigenvalue weighted by Crippen LogP contribution is 2.63. The van der Waals surface area contributed by atoms with Crippen LogP contribution in [0.1, 0.15) is 52.7 Å². The van der Waals surface area contributed by atoms with Crippen LogP contribution in [0.4, 0.5) is 11.4 Å². The van der Waals surface area contributed by atoms with Gasteiger partial charge in [0.15, 0.2) is 0 Å². The van der Waals surface area contributed by atoms with Crippen LogP contribution in [0.25, 0.3) is 0 Å². The predicted molar refractivity (Wildman–Crippen MR) is 127 cm³/mol. The molecule has 1 amide bonds. The average molecular weight is 425 g/mol. The van der Waals surface area contributed by atoms with Crippen LogP contribution in [0, 0.1) is 17.8 Å². The lowest BCUT2D eigenvalue weighted by atomic mass is 9.68. The summed E-state index contributed by atoms with van der Waals surface area (Å²) in [4.78, 5) is 13.0. The molecular weight excluding hydrogens is 396 g/mol. The Kier molecular flexibility index (Phi) is 4.67. The summed E-state index contributed by atoms with van der Waals surface area (Å²) in [5, 5.41) is 6.88. The molecule has 2 N–H and O–H groups in total. The summed E-state index contributed by atoms with van der Waals surface area (Å²) in [6.45, 7) is 0. The number of nitrogens with one attached hydrogen (secondary N) is 2. The number of amides is 1. The van der Waals surface area contributed by atoms with Gasteiger partial charge in [-0.3, -0.25) is 4.79 Å². The fourth-order valence-corrected chi connectivity index (χ4v) is 6.50. The predicted octanol–water partition coefficient (Wildman–Crippen LogP) is 6.24. The Hall–Kier alpha value is -3.27. The van der Waals surface area contributed by atoms with E-state index >= 15 is 0 Å². The number of methoxy groups -OCH3 is 1. The molecule has 3 aromatic carbocycles. The van der Waals surface area contributed by atoms with Crippen LogP contribution in [-0.4, -0.2) is 13.0 Å². The fourth-order valence-electron chi connectivity index (χ4n) is 6.50. The summed E-state index contributed by atoms with van der Waals surface area (Å²) in [5.74, 6) is 3.35. The number of carbonyl (C=O) groups is 1. The minimum Gasteiger partial charge on any atom is -0.497 e. The van der Waals surface area contributed by atoms with Crippen molar-refractivity contribution in [3.05, 3.63) is 89.5 Å². The van der Waals surface area contributed by atoms with Crippen LogP contribution in [0.5, 0.6) is 5.75 Å². The van der Waals surface area contributed by atoms with Gasteiger partial charge in [-0.25, -0.2) is 0 Å². The molecule has 6 rings (SSSR count). The third-order valence-electron chi connectivity index (χ3n) is 7.86. The number of carbonyl (C=O) groups excluding carboxylic acids is 1. The van der Waals surface area contributed by atoms with Gasteiger partial charge in [0.2, 0.25) is 0 Å². The van der Waals surface area contributed by atoms with Gasteiger partial charge in [-0.1, -0.05) is 30.3 Å². The van der Waals surface area contributed by atoms with Crippen LogP contribution in [0.3, 0.4) is 0 Å². The van der Waals surface area contributed by atoms with Crippen molar-refractivity contribution >= 4 is 17.3 Å². The van der Waals surface area contributed by atoms with E-state index in [1.807, 2.05) is 30.3 Å². The van der Waals surface area contributed by atoms with Gasteiger partial charge < -0.3 is 15.4 Å². The third-order valence-corrected chi connectivity index (χ3v) is 7.86. The normalized spacial score (nSPS) is 27.2. The third kappa shape index (κ3) is 3.17. The Balaban J connectivity index is 1.32. The Morgan fingerprint density at radius 2 is 1.75 bits per heavy atom. The number of hydrogen-bond acceptors (Lipinski definition) is 3. The molecule has 4 heteroatoms. The molecule has 2 saturated carbocycles. The summed E-state index contributed by atoms with van der Waals surface area (Å²) in [7, 11) is 1.64. The van der Waals surface area contributed by atoms with E-state index in [9.17, 15) is 4.79 Å². The minimum atomic E-state index is -0.0668. The lowest BCUT2D eigenvalue weighted by molar-refractivity contribution is 0.102. The highest BCUT2D eigenvalue weighted by atomic mass is 16.5. The van der Waals surface area contributed by atoms with E-state index in [1.165, 1.54) is 36.1 Å². The maximum absolute atomic E-state index is 13.0. The van der Waals surface area contributed by atoms with Crippen molar-refractivity contribution in [2.24, 2.45) is 17.8 Å². The Morgan fingerprint density at radius 1 is 0.969 bits per heavy atom. The van der Waals surface area contributed by atoms with Crippen molar-refractivity contribution in [1.82, 2.24) is 0 Å². The molecule has 2 fully saturated rings. The maximum Gasteiger partial charge on any atom is 0.255 e. The average Bonchev–Trinajstić information content (AvgIpc) is 3.47. The second-order valence-corrected chi connectivity index (χ2v) is 9.45. The van der Waals surface area contributed by atoms with Gasteiger partial charge in [0, 0.05) is 16.9 Å². The van der Waals surface area contributed by atoms with Gasteiger partial charge in [0.05, 0.1) is 13.2 Å². The number of ether oxygens (including phenoxy) is 1. The Labute approximate surface area is 189 Å². The molecule has 162 valence electrons. The van der Waals surface area contributed by atoms with Crippen molar-refractivity contribution in [1.29, 1.82) is 0 Å². The summed E-state index contributed by atoms with van der Waals surface area (Å²) in [6.07, 6.45) is 3.97. The second kappa shape index (κ2) is 7.70. The fraction of sp³-hybridized carbons (Fsp3) is 0.321. The molecule has 3 aliphatic rings. The van der Waals surface area contributed by atoms with E-state index < -0.39 is 0 Å². The molecule has 2 aliphatic carbocycles. The van der Waals surface area contributed by atoms with E-state index in [-0.39, 0.29) is 5.91 Å². The van der Waals surface area contributed by atoms with Gasteiger partial charge in [-0.2, -0.15) is 0 Å². The van der Waals surface area contributed by atoms with Crippen molar-refractivity contribution in [3.8, 4) is 5.75 Å². The zero-order chi connectivity index (χ0) is 21.7. The van der Waals surface area contributed by atoms with Crippen molar-refractivity contribution < 1.29 is 9.53 Å². The monoisotopic (exact) mass is 424 g/mol. The lowest BCUT2D eigenvalue weighted by Gasteiger charge is -2.43. The first-order chi connectivity index (χ1) is 15.7. The summed E-state index contributed by atoms with van der Waals surface area (Å²) in [5.41, 5.74) is 5.39. The first-order valence-electron chi connectivity index (χ1n) is 11.6. The Bertz CT molecular complexity index is 1140. The largest absolute Gasteiger partial charge is 0.497 e. The van der Waals surface area contributed by atoms with Crippen molar-refractivity contribution in [2.75, 3.05) is 17.7 Å². The quantitative estimate of drug-likeness (QED) is 0.521. The zero-order valence-electron chi connectivity index (χ0n) is 18.3. The van der Waals surface area contributed by atoms with Crippen LogP contribution in [-0.2, 0) is 0 Å². The van der Waals surface area contributed by atoms with Gasteiger partial charge in [0.25, 0.3) is 5.91 Å². The molecule has 5 atom stereocenters. The van der Waals surface area contributed by atoms with Crippen LogP contribution < -0.4 is 15.4 Å². The van der Waals surface area contributed by atoms with E-state index in [1.54, 1.807) is 7.11 Å². The SMILES string of the molecule is COc1ccc(NC(=O)c2ccc3c(c2)[C@@H]2[C@H]4CC[C@@H](C4)[C@@H]2[C@H](c2ccccc2)N3)cc1. The second-order valence-electron chi connectivity index (χ2n) is 9.45. The number of benzene rings is 3. The molecule has 1 aliphatic heterocycles. The first kappa shape index (κ1) is 19.4. The van der Waals surface area contributed by atoms with Crippen LogP contribution in [0.2, 0.25) is 0 Å². The lowest BCUT2D eigenvalue weighted by Crippen LogP contribution is -2.35. The number of anilines is 2. The number of fused-ring (bicyclic) bond motifs is 7. The van der Waals surface area contributed by atoms with Gasteiger partial charge in [-0.05, 0) is 96.5 Å². The van der Waals surface area contributed by atoms with E-state index in [4.69, 9.17) is 4.74 Å². The number of hydrogen-bond donors (Lipinski definition) is 2. The van der Waals surface area contributed by atoms with E-state index in [0.717, 1.165) is 28.8 Å². The summed E-state index contributed by atoms with van der Waals surface area (Å²) < 4.78 is 5.21. The van der Waals surface area contributed by atoms with Crippen molar-refractivity contribution in [2.45, 2.75) is 31.2 Å². The molecule has 0 radical (unpaired) electrons. The van der Waals surface area contributed by atoms with Crippen molar-refractivity contribution in [3.63, 3.8) is 0 Å². The van der Waals surface area contributed by atoms with Gasteiger partial charge in [0.1, 0.15) is 5.75 Å². The molecule has 0 spiro atoms. The van der Waals surface area contributed by atoms with E-state index in [0.29, 0.717) is 17.9 Å². The molecule has 32 heavy (non-hydrogen) atoms. The highest BCUT2D eigenvalue weighted by molar-refractivity contribution is 6.04. The van der Waals surface area contributed by atoms with E-state index in [2.05, 4.69) is 53.1 Å². The summed E-state index contributed by atoms with van der Waals surface area (Å²) >= 11 is 0. The molecule has 0 unspecified atom stereocenters. The molecular formula is C28H28N2O2. The Morgan fingerprint density at radius 3 is 2.53 bits per heavy atom. The minimum absolute atomic E-state index is 0.0668. The molecule has 2 bridgehead atoms. The highest BCUT2D eigenvalue weighted by Gasteiger charge is 2.53. The topological polar surface area (TPSA) is 50.4 Å². The molecule has 4 nitrogen and oxygen atoms in total. The molecule has 0 saturated heterocycles. The van der Waals surface area contributed by atoms with Gasteiger partial charge in [-0.15, -0.1) is 0 Å². The molecule has 3 aromatic rings. The standard InChI is InChI=1S/C28H28N2O2/c1-32-22-12-10-21(11-13-22)29-28(31)20-9-14-24-23(16-20)25-18-7-8-19(15-18)26(25)27(30-24)17-5-3-2-4-6-17/h2-6,9-14,16,18-19,25-27,30H,7-8,15H2,1H3,(H,29,31)/t18-,19-,25-,26-,27-/m0/s1. The maximum atomic E-state index is 13.0. The summed E-state index contributed by atoms with van der Waals surface area (Å²) in [6, 6.07) is 24.9. The van der Waals surface area contributed by atoms with Crippen LogP contribution >= 0.6 is 0 Å². The first-order valence-corrected chi connectivity index (χ1v) is 11.6. The molecule has 1 heterocycles. The van der Waals surface area contributed by atoms with Crippen LogP contribution in [0.15, 0.2) is 72.8 Å². The van der Waals surface area contributed by atoms with Gasteiger partial charge >= 0.3 is 0 Å². The zero-order valence-corrected chi connectivity index (χ0v) is 18.3. The molecule has 0 aromatic heterocycles. The number of rotatable bonds is 4.